The van der Waals surface area contributed by atoms with Crippen LogP contribution in [0.15, 0.2) is 8.83 Å². The Morgan fingerprint density at radius 3 is 2.48 bits per heavy atom. The van der Waals surface area contributed by atoms with Gasteiger partial charge >= 0.3 is 12.1 Å². The molecule has 0 aromatic carbocycles. The number of nitrogens with zero attached hydrogens (tertiary/aromatic N) is 3. The van der Waals surface area contributed by atoms with Crippen LogP contribution in [0.4, 0.5) is 4.79 Å². The number of carbonyl (C=O) groups is 2. The van der Waals surface area contributed by atoms with Gasteiger partial charge in [-0.1, -0.05) is 0 Å². The second-order valence-corrected chi connectivity index (χ2v) is 7.52. The molecule has 0 aliphatic carbocycles. The third-order valence-corrected chi connectivity index (χ3v) is 4.18. The first-order chi connectivity index (χ1) is 12.6. The van der Waals surface area contributed by atoms with E-state index in [-0.39, 0.29) is 23.4 Å². The van der Waals surface area contributed by atoms with Crippen LogP contribution in [0, 0.1) is 13.8 Å². The normalized spacial score (nSPS) is 17.4. The van der Waals surface area contributed by atoms with Crippen molar-refractivity contribution in [3.63, 3.8) is 0 Å². The minimum Gasteiger partial charge on any atom is -0.476 e. The zero-order valence-electron chi connectivity index (χ0n) is 16.0. The maximum absolute atomic E-state index is 12.5. The molecule has 0 bridgehead atoms. The van der Waals surface area contributed by atoms with Gasteiger partial charge in [-0.2, -0.15) is 0 Å². The lowest BCUT2D eigenvalue weighted by Gasteiger charge is -2.27. The number of carboxylic acid groups (broad SMARTS) is 1. The summed E-state index contributed by atoms with van der Waals surface area (Å²) in [6, 6.07) is -0.345. The van der Waals surface area contributed by atoms with Crippen molar-refractivity contribution in [1.82, 2.24) is 14.9 Å². The van der Waals surface area contributed by atoms with E-state index < -0.39 is 17.7 Å². The first-order valence-corrected chi connectivity index (χ1v) is 8.75. The SMILES string of the molecule is Cc1oc(-c2nc([C@@H]3CCCN3C(=O)OC(C)(C)C)oc2C)nc1C(=O)O. The van der Waals surface area contributed by atoms with Crippen LogP contribution in [-0.2, 0) is 4.74 Å². The first-order valence-electron chi connectivity index (χ1n) is 8.75. The van der Waals surface area contributed by atoms with E-state index in [2.05, 4.69) is 9.97 Å². The highest BCUT2D eigenvalue weighted by atomic mass is 16.6. The minimum absolute atomic E-state index is 0.0826. The molecule has 1 amide bonds. The second-order valence-electron chi connectivity index (χ2n) is 7.52. The van der Waals surface area contributed by atoms with Gasteiger partial charge in [-0.3, -0.25) is 4.90 Å². The van der Waals surface area contributed by atoms with Crippen LogP contribution in [0.1, 0.15) is 67.6 Å². The van der Waals surface area contributed by atoms with E-state index in [9.17, 15) is 9.59 Å². The van der Waals surface area contributed by atoms with Crippen LogP contribution in [-0.4, -0.2) is 44.2 Å². The molecule has 3 heterocycles. The monoisotopic (exact) mass is 377 g/mol. The highest BCUT2D eigenvalue weighted by Crippen LogP contribution is 2.35. The lowest BCUT2D eigenvalue weighted by molar-refractivity contribution is 0.0203. The smallest absolute Gasteiger partial charge is 0.410 e. The largest absolute Gasteiger partial charge is 0.476 e. The molecule has 1 aliphatic heterocycles. The van der Waals surface area contributed by atoms with Gasteiger partial charge in [0, 0.05) is 6.54 Å². The molecule has 9 nitrogen and oxygen atoms in total. The van der Waals surface area contributed by atoms with Crippen LogP contribution >= 0.6 is 0 Å². The van der Waals surface area contributed by atoms with E-state index in [0.717, 1.165) is 6.42 Å². The summed E-state index contributed by atoms with van der Waals surface area (Å²) in [7, 11) is 0. The van der Waals surface area contributed by atoms with Crippen LogP contribution in [0.2, 0.25) is 0 Å². The van der Waals surface area contributed by atoms with Crippen LogP contribution in [0.5, 0.6) is 0 Å². The summed E-state index contributed by atoms with van der Waals surface area (Å²) in [6.07, 6.45) is 1.09. The van der Waals surface area contributed by atoms with Crippen molar-refractivity contribution in [2.45, 2.75) is 59.1 Å². The summed E-state index contributed by atoms with van der Waals surface area (Å²) >= 11 is 0. The molecular weight excluding hydrogens is 354 g/mol. The predicted molar refractivity (Wildman–Crippen MR) is 93.3 cm³/mol. The quantitative estimate of drug-likeness (QED) is 0.859. The van der Waals surface area contributed by atoms with Gasteiger partial charge < -0.3 is 18.7 Å². The van der Waals surface area contributed by atoms with E-state index in [0.29, 0.717) is 30.3 Å². The van der Waals surface area contributed by atoms with Gasteiger partial charge in [-0.25, -0.2) is 19.6 Å². The highest BCUT2D eigenvalue weighted by molar-refractivity contribution is 5.87. The van der Waals surface area contributed by atoms with Crippen molar-refractivity contribution in [3.05, 3.63) is 23.1 Å². The molecule has 0 spiro atoms. The Morgan fingerprint density at radius 2 is 1.89 bits per heavy atom. The molecular formula is C18H23N3O6. The van der Waals surface area contributed by atoms with Crippen molar-refractivity contribution in [2.75, 3.05) is 6.54 Å². The lowest BCUT2D eigenvalue weighted by Crippen LogP contribution is -2.36. The van der Waals surface area contributed by atoms with Crippen LogP contribution in [0.3, 0.4) is 0 Å². The molecule has 0 saturated carbocycles. The number of rotatable bonds is 3. The Labute approximate surface area is 156 Å². The third-order valence-electron chi connectivity index (χ3n) is 4.18. The molecule has 0 radical (unpaired) electrons. The number of oxazole rings is 2. The first kappa shape index (κ1) is 18.9. The number of amides is 1. The Kier molecular flexibility index (Phi) is 4.71. The number of carboxylic acids is 1. The van der Waals surface area contributed by atoms with Crippen molar-refractivity contribution in [3.8, 4) is 11.6 Å². The number of carbonyl (C=O) groups excluding carboxylic acids is 1. The molecule has 0 unspecified atom stereocenters. The highest BCUT2D eigenvalue weighted by Gasteiger charge is 2.37. The number of ether oxygens (including phenoxy) is 1. The maximum atomic E-state index is 12.5. The van der Waals surface area contributed by atoms with Crippen LogP contribution < -0.4 is 0 Å². The van der Waals surface area contributed by atoms with Gasteiger partial charge in [-0.05, 0) is 47.5 Å². The number of hydrogen-bond donors (Lipinski definition) is 1. The second kappa shape index (κ2) is 6.71. The Hall–Kier alpha value is -2.84. The number of aromatic nitrogens is 2. The summed E-state index contributed by atoms with van der Waals surface area (Å²) in [5, 5.41) is 9.14. The third kappa shape index (κ3) is 3.81. The summed E-state index contributed by atoms with van der Waals surface area (Å²) in [5.74, 6) is -0.0921. The fourth-order valence-corrected chi connectivity index (χ4v) is 3.02. The average molecular weight is 377 g/mol. The molecule has 27 heavy (non-hydrogen) atoms. The number of hydrogen-bond acceptors (Lipinski definition) is 7. The molecule has 9 heteroatoms. The van der Waals surface area contributed by atoms with Gasteiger partial charge in [0.05, 0.1) is 0 Å². The molecule has 3 rings (SSSR count). The topological polar surface area (TPSA) is 119 Å². The fourth-order valence-electron chi connectivity index (χ4n) is 3.02. The Balaban J connectivity index is 1.88. The number of aromatic carboxylic acids is 1. The molecule has 146 valence electrons. The molecule has 2 aromatic heterocycles. The van der Waals surface area contributed by atoms with Crippen molar-refractivity contribution in [1.29, 1.82) is 0 Å². The summed E-state index contributed by atoms with van der Waals surface area (Å²) < 4.78 is 16.7. The van der Waals surface area contributed by atoms with E-state index in [1.807, 2.05) is 20.8 Å². The van der Waals surface area contributed by atoms with Crippen molar-refractivity contribution in [2.24, 2.45) is 0 Å². The van der Waals surface area contributed by atoms with Gasteiger partial charge in [0.1, 0.15) is 23.2 Å². The summed E-state index contributed by atoms with van der Waals surface area (Å²) in [4.78, 5) is 33.7. The zero-order valence-corrected chi connectivity index (χ0v) is 16.0. The fraction of sp³-hybridized carbons (Fsp3) is 0.556. The molecule has 1 aliphatic rings. The zero-order chi connectivity index (χ0) is 19.9. The standard InChI is InChI=1S/C18H23N3O6/c1-9-12(15-20-13(16(22)23)10(2)26-15)19-14(25-9)11-7-6-8-21(11)17(24)27-18(3,4)5/h11H,6-8H2,1-5H3,(H,22,23)/t11-/m0/s1. The van der Waals surface area contributed by atoms with Gasteiger partial charge in [0.2, 0.25) is 11.8 Å². The molecule has 1 atom stereocenters. The average Bonchev–Trinajstić information content (AvgIpc) is 3.22. The van der Waals surface area contributed by atoms with Crippen molar-refractivity contribution >= 4 is 12.1 Å². The molecule has 1 N–H and O–H groups in total. The van der Waals surface area contributed by atoms with E-state index >= 15 is 0 Å². The van der Waals surface area contributed by atoms with Crippen molar-refractivity contribution < 1.29 is 28.3 Å². The van der Waals surface area contributed by atoms with E-state index in [1.54, 1.807) is 11.8 Å². The summed E-state index contributed by atoms with van der Waals surface area (Å²) in [6.45, 7) is 9.21. The molecule has 1 saturated heterocycles. The molecule has 2 aromatic rings. The minimum atomic E-state index is -1.17. The number of aryl methyl sites for hydroxylation is 2. The molecule has 1 fully saturated rings. The van der Waals surface area contributed by atoms with Crippen LogP contribution in [0.25, 0.3) is 11.6 Å². The van der Waals surface area contributed by atoms with Gasteiger partial charge in [-0.15, -0.1) is 0 Å². The van der Waals surface area contributed by atoms with E-state index in [1.165, 1.54) is 6.92 Å². The predicted octanol–water partition coefficient (Wildman–Crippen LogP) is 3.72. The maximum Gasteiger partial charge on any atom is 0.410 e. The summed E-state index contributed by atoms with van der Waals surface area (Å²) in [5.41, 5.74) is -0.424. The Morgan fingerprint density at radius 1 is 1.19 bits per heavy atom. The van der Waals surface area contributed by atoms with Gasteiger partial charge in [0.15, 0.2) is 11.4 Å². The lowest BCUT2D eigenvalue weighted by atomic mass is 10.2. The number of likely N-dealkylation sites (tertiary alicyclic amines) is 1. The van der Waals surface area contributed by atoms with E-state index in [4.69, 9.17) is 18.7 Å². The van der Waals surface area contributed by atoms with Gasteiger partial charge in [0.25, 0.3) is 0 Å². The Bertz CT molecular complexity index is 876.